The number of benzene rings is 2. The van der Waals surface area contributed by atoms with Crippen LogP contribution in [-0.4, -0.2) is 17.1 Å². The predicted molar refractivity (Wildman–Crippen MR) is 69.3 cm³/mol. The first-order valence-corrected chi connectivity index (χ1v) is 5.62. The van der Waals surface area contributed by atoms with Gasteiger partial charge in [0.2, 0.25) is 0 Å². The van der Waals surface area contributed by atoms with Gasteiger partial charge in [-0.2, -0.15) is 0 Å². The van der Waals surface area contributed by atoms with Crippen molar-refractivity contribution in [3.05, 3.63) is 42.5 Å². The normalized spacial score (nSPS) is 12.3. The molecule has 0 bridgehead atoms. The van der Waals surface area contributed by atoms with E-state index in [0.717, 1.165) is 11.1 Å². The van der Waals surface area contributed by atoms with E-state index < -0.39 is 5.97 Å². The lowest BCUT2D eigenvalue weighted by Gasteiger charge is -2.13. The van der Waals surface area contributed by atoms with Gasteiger partial charge in [-0.1, -0.05) is 30.3 Å². The van der Waals surface area contributed by atoms with Gasteiger partial charge < -0.3 is 10.4 Å². The van der Waals surface area contributed by atoms with E-state index >= 15 is 0 Å². The van der Waals surface area contributed by atoms with Gasteiger partial charge in [-0.05, 0) is 29.8 Å². The van der Waals surface area contributed by atoms with Crippen LogP contribution in [0.5, 0.6) is 0 Å². The number of anilines is 1. The van der Waals surface area contributed by atoms with Crippen molar-refractivity contribution in [2.75, 3.05) is 5.32 Å². The highest BCUT2D eigenvalue weighted by Crippen LogP contribution is 2.19. The zero-order valence-corrected chi connectivity index (χ0v) is 9.68. The van der Waals surface area contributed by atoms with Crippen LogP contribution in [0.1, 0.15) is 13.3 Å². The summed E-state index contributed by atoms with van der Waals surface area (Å²) < 4.78 is 0. The summed E-state index contributed by atoms with van der Waals surface area (Å²) >= 11 is 0. The summed E-state index contributed by atoms with van der Waals surface area (Å²) in [6, 6.07) is 14.1. The van der Waals surface area contributed by atoms with Gasteiger partial charge in [0.1, 0.15) is 0 Å². The van der Waals surface area contributed by atoms with Gasteiger partial charge in [-0.3, -0.25) is 4.79 Å². The second-order valence-electron chi connectivity index (χ2n) is 4.21. The minimum Gasteiger partial charge on any atom is -0.481 e. The Hall–Kier alpha value is -2.03. The fourth-order valence-corrected chi connectivity index (χ4v) is 1.88. The molecule has 1 unspecified atom stereocenters. The maximum absolute atomic E-state index is 10.6. The molecule has 0 aliphatic heterocycles. The standard InChI is InChI=1S/C14H15NO2/c1-10(8-14(16)17)15-13-7-6-11-4-2-3-5-12(11)9-13/h2-7,9-10,15H,8H2,1H3,(H,16,17). The average Bonchev–Trinajstić information content (AvgIpc) is 2.27. The van der Waals surface area contributed by atoms with Crippen molar-refractivity contribution in [1.82, 2.24) is 0 Å². The van der Waals surface area contributed by atoms with Gasteiger partial charge in [0.05, 0.1) is 6.42 Å². The highest BCUT2D eigenvalue weighted by atomic mass is 16.4. The SMILES string of the molecule is CC(CC(=O)O)Nc1ccc2ccccc2c1. The molecule has 2 aromatic rings. The molecule has 0 aliphatic rings. The first-order valence-electron chi connectivity index (χ1n) is 5.62. The second-order valence-corrected chi connectivity index (χ2v) is 4.21. The monoisotopic (exact) mass is 229 g/mol. The summed E-state index contributed by atoms with van der Waals surface area (Å²) in [5.41, 5.74) is 0.956. The van der Waals surface area contributed by atoms with Crippen LogP contribution in [-0.2, 0) is 4.79 Å². The number of hydrogen-bond acceptors (Lipinski definition) is 2. The van der Waals surface area contributed by atoms with Crippen LogP contribution in [0.15, 0.2) is 42.5 Å². The van der Waals surface area contributed by atoms with E-state index in [-0.39, 0.29) is 12.5 Å². The summed E-state index contributed by atoms with van der Waals surface area (Å²) in [5.74, 6) is -0.786. The minimum atomic E-state index is -0.786. The molecule has 0 amide bonds. The molecule has 3 nitrogen and oxygen atoms in total. The molecule has 2 rings (SSSR count). The second kappa shape index (κ2) is 4.87. The van der Waals surface area contributed by atoms with Crippen LogP contribution < -0.4 is 5.32 Å². The van der Waals surface area contributed by atoms with E-state index in [4.69, 9.17) is 5.11 Å². The zero-order chi connectivity index (χ0) is 12.3. The predicted octanol–water partition coefficient (Wildman–Crippen LogP) is 3.11. The quantitative estimate of drug-likeness (QED) is 0.846. The summed E-state index contributed by atoms with van der Waals surface area (Å²) in [4.78, 5) is 10.6. The topological polar surface area (TPSA) is 49.3 Å². The van der Waals surface area contributed by atoms with Gasteiger partial charge >= 0.3 is 5.97 Å². The Morgan fingerprint density at radius 2 is 1.94 bits per heavy atom. The molecule has 0 spiro atoms. The fourth-order valence-electron chi connectivity index (χ4n) is 1.88. The molecule has 1 atom stereocenters. The van der Waals surface area contributed by atoms with Crippen LogP contribution in [0.4, 0.5) is 5.69 Å². The number of carboxylic acid groups (broad SMARTS) is 1. The Bertz CT molecular complexity index is 536. The average molecular weight is 229 g/mol. The van der Waals surface area contributed by atoms with E-state index in [1.807, 2.05) is 43.3 Å². The van der Waals surface area contributed by atoms with Crippen molar-refractivity contribution in [2.24, 2.45) is 0 Å². The lowest BCUT2D eigenvalue weighted by molar-refractivity contribution is -0.137. The molecular formula is C14H15NO2. The molecular weight excluding hydrogens is 214 g/mol. The Morgan fingerprint density at radius 3 is 2.65 bits per heavy atom. The Labute approximate surface area is 100 Å². The van der Waals surface area contributed by atoms with Crippen molar-refractivity contribution < 1.29 is 9.90 Å². The van der Waals surface area contributed by atoms with Gasteiger partial charge in [-0.25, -0.2) is 0 Å². The maximum Gasteiger partial charge on any atom is 0.305 e. The highest BCUT2D eigenvalue weighted by Gasteiger charge is 2.07. The molecule has 0 heterocycles. The Balaban J connectivity index is 2.16. The number of carboxylic acids is 1. The van der Waals surface area contributed by atoms with E-state index in [9.17, 15) is 4.79 Å². The maximum atomic E-state index is 10.6. The number of fused-ring (bicyclic) bond motifs is 1. The summed E-state index contributed by atoms with van der Waals surface area (Å²) in [5, 5.41) is 14.2. The highest BCUT2D eigenvalue weighted by molar-refractivity contribution is 5.85. The third-order valence-corrected chi connectivity index (χ3v) is 2.64. The molecule has 88 valence electrons. The van der Waals surface area contributed by atoms with E-state index in [1.165, 1.54) is 5.39 Å². The fraction of sp³-hybridized carbons (Fsp3) is 0.214. The molecule has 3 heteroatoms. The number of hydrogen-bond donors (Lipinski definition) is 2. The number of nitrogens with one attached hydrogen (secondary N) is 1. The summed E-state index contributed by atoms with van der Waals surface area (Å²) in [6.07, 6.45) is 0.118. The smallest absolute Gasteiger partial charge is 0.305 e. The number of rotatable bonds is 4. The minimum absolute atomic E-state index is 0.0753. The number of carbonyl (C=O) groups is 1. The third-order valence-electron chi connectivity index (χ3n) is 2.64. The molecule has 0 saturated heterocycles. The van der Waals surface area contributed by atoms with E-state index in [2.05, 4.69) is 11.4 Å². The van der Waals surface area contributed by atoms with Gasteiger partial charge in [0.15, 0.2) is 0 Å². The van der Waals surface area contributed by atoms with Crippen LogP contribution in [0.2, 0.25) is 0 Å². The molecule has 0 fully saturated rings. The van der Waals surface area contributed by atoms with Crippen molar-refractivity contribution in [1.29, 1.82) is 0 Å². The van der Waals surface area contributed by atoms with Crippen molar-refractivity contribution in [3.63, 3.8) is 0 Å². The third kappa shape index (κ3) is 2.97. The first kappa shape index (κ1) is 11.5. The molecule has 0 saturated carbocycles. The molecule has 17 heavy (non-hydrogen) atoms. The van der Waals surface area contributed by atoms with Crippen LogP contribution in [0, 0.1) is 0 Å². The van der Waals surface area contributed by atoms with Crippen LogP contribution in [0.3, 0.4) is 0 Å². The van der Waals surface area contributed by atoms with E-state index in [1.54, 1.807) is 0 Å². The van der Waals surface area contributed by atoms with Crippen LogP contribution in [0.25, 0.3) is 10.8 Å². The Kier molecular flexibility index (Phi) is 3.28. The van der Waals surface area contributed by atoms with E-state index in [0.29, 0.717) is 0 Å². The molecule has 0 aliphatic carbocycles. The summed E-state index contributed by atoms with van der Waals surface area (Å²) in [6.45, 7) is 1.86. The lowest BCUT2D eigenvalue weighted by atomic mass is 10.1. The zero-order valence-electron chi connectivity index (χ0n) is 9.68. The molecule has 2 aromatic carbocycles. The van der Waals surface area contributed by atoms with Crippen molar-refractivity contribution >= 4 is 22.4 Å². The van der Waals surface area contributed by atoms with Gasteiger partial charge in [0, 0.05) is 11.7 Å². The lowest BCUT2D eigenvalue weighted by Crippen LogP contribution is -2.19. The largest absolute Gasteiger partial charge is 0.481 e. The van der Waals surface area contributed by atoms with Gasteiger partial charge in [0.25, 0.3) is 0 Å². The van der Waals surface area contributed by atoms with Crippen molar-refractivity contribution in [2.45, 2.75) is 19.4 Å². The Morgan fingerprint density at radius 1 is 1.24 bits per heavy atom. The molecule has 2 N–H and O–H groups in total. The molecule has 0 radical (unpaired) electrons. The van der Waals surface area contributed by atoms with Gasteiger partial charge in [-0.15, -0.1) is 0 Å². The summed E-state index contributed by atoms with van der Waals surface area (Å²) in [7, 11) is 0. The van der Waals surface area contributed by atoms with Crippen LogP contribution >= 0.6 is 0 Å². The van der Waals surface area contributed by atoms with Crippen molar-refractivity contribution in [3.8, 4) is 0 Å². The first-order chi connectivity index (χ1) is 8.15. The molecule has 0 aromatic heterocycles. The number of aliphatic carboxylic acids is 1.